The first kappa shape index (κ1) is 10.8. The van der Waals surface area contributed by atoms with Crippen molar-refractivity contribution in [3.8, 4) is 0 Å². The lowest BCUT2D eigenvalue weighted by molar-refractivity contribution is -0.144. The second kappa shape index (κ2) is 4.28. The molecule has 1 heterocycles. The largest absolute Gasteiger partial charge is 0.467 e. The van der Waals surface area contributed by atoms with Crippen molar-refractivity contribution in [3.05, 3.63) is 33.7 Å². The van der Waals surface area contributed by atoms with Crippen molar-refractivity contribution >= 4 is 17.6 Å². The number of carbonyl (C=O) groups excluding carboxylic acids is 1. The third-order valence-corrected chi connectivity index (χ3v) is 2.10. The van der Waals surface area contributed by atoms with Gasteiger partial charge in [-0.2, -0.15) is 0 Å². The van der Waals surface area contributed by atoms with Crippen molar-refractivity contribution in [2.45, 2.75) is 13.0 Å². The molecule has 1 rings (SSSR count). The van der Waals surface area contributed by atoms with Gasteiger partial charge in [0.2, 0.25) is 0 Å². The Bertz CT molecular complexity index is 399. The van der Waals surface area contributed by atoms with E-state index in [2.05, 4.69) is 4.74 Å². The number of rotatable bonds is 2. The maximum absolute atomic E-state index is 11.4. The van der Waals surface area contributed by atoms with Crippen LogP contribution < -0.4 is 5.56 Å². The summed E-state index contributed by atoms with van der Waals surface area (Å²) >= 11 is 5.61. The number of ether oxygens (including phenoxy) is 1. The quantitative estimate of drug-likeness (QED) is 0.698. The Balaban J connectivity index is 3.08. The van der Waals surface area contributed by atoms with Gasteiger partial charge < -0.3 is 9.30 Å². The topological polar surface area (TPSA) is 48.3 Å². The van der Waals surface area contributed by atoms with E-state index in [4.69, 9.17) is 11.6 Å². The van der Waals surface area contributed by atoms with E-state index in [1.165, 1.54) is 23.9 Å². The van der Waals surface area contributed by atoms with Gasteiger partial charge in [0.1, 0.15) is 6.04 Å². The number of hydrogen-bond acceptors (Lipinski definition) is 3. The number of nitrogens with zero attached hydrogens (tertiary/aromatic N) is 1. The van der Waals surface area contributed by atoms with Crippen molar-refractivity contribution < 1.29 is 9.53 Å². The molecular formula is C9H10ClNO3. The number of pyridine rings is 1. The predicted octanol–water partition coefficient (Wildman–Crippen LogP) is 1.24. The van der Waals surface area contributed by atoms with Crippen molar-refractivity contribution in [2.75, 3.05) is 7.11 Å². The molecule has 1 atom stereocenters. The normalized spacial score (nSPS) is 12.2. The summed E-state index contributed by atoms with van der Waals surface area (Å²) in [6.07, 6.45) is 1.46. The molecular weight excluding hydrogens is 206 g/mol. The lowest BCUT2D eigenvalue weighted by Gasteiger charge is -2.11. The van der Waals surface area contributed by atoms with Crippen LogP contribution in [0.5, 0.6) is 0 Å². The molecule has 4 nitrogen and oxygen atoms in total. The van der Waals surface area contributed by atoms with Crippen LogP contribution >= 0.6 is 11.6 Å². The molecule has 0 saturated heterocycles. The molecule has 0 N–H and O–H groups in total. The third kappa shape index (κ3) is 2.14. The molecule has 76 valence electrons. The van der Waals surface area contributed by atoms with E-state index in [-0.39, 0.29) is 5.56 Å². The Morgan fingerprint density at radius 2 is 2.29 bits per heavy atom. The summed E-state index contributed by atoms with van der Waals surface area (Å²) in [5.74, 6) is -0.463. The summed E-state index contributed by atoms with van der Waals surface area (Å²) in [5, 5.41) is 0.350. The van der Waals surface area contributed by atoms with Crippen LogP contribution in [0.1, 0.15) is 13.0 Å². The molecule has 0 saturated carbocycles. The molecule has 5 heteroatoms. The average Bonchev–Trinajstić information content (AvgIpc) is 2.15. The first-order valence-corrected chi connectivity index (χ1v) is 4.39. The summed E-state index contributed by atoms with van der Waals surface area (Å²) in [6.45, 7) is 1.58. The molecule has 1 aromatic heterocycles. The minimum Gasteiger partial charge on any atom is -0.467 e. The smallest absolute Gasteiger partial charge is 0.328 e. The van der Waals surface area contributed by atoms with Gasteiger partial charge in [0.15, 0.2) is 0 Å². The van der Waals surface area contributed by atoms with Gasteiger partial charge in [-0.1, -0.05) is 11.6 Å². The van der Waals surface area contributed by atoms with Gasteiger partial charge in [-0.15, -0.1) is 0 Å². The molecule has 0 spiro atoms. The number of hydrogen-bond donors (Lipinski definition) is 0. The number of carbonyl (C=O) groups is 1. The van der Waals surface area contributed by atoms with Crippen molar-refractivity contribution in [3.63, 3.8) is 0 Å². The zero-order valence-electron chi connectivity index (χ0n) is 7.86. The Labute approximate surface area is 86.1 Å². The van der Waals surface area contributed by atoms with E-state index in [0.29, 0.717) is 5.02 Å². The van der Waals surface area contributed by atoms with Crippen LogP contribution in [0, 0.1) is 0 Å². The predicted molar refractivity (Wildman–Crippen MR) is 52.4 cm³/mol. The molecule has 0 fully saturated rings. The van der Waals surface area contributed by atoms with E-state index in [1.54, 1.807) is 13.0 Å². The van der Waals surface area contributed by atoms with Crippen LogP contribution in [0.15, 0.2) is 23.1 Å². The molecule has 0 radical (unpaired) electrons. The van der Waals surface area contributed by atoms with E-state index < -0.39 is 12.0 Å². The van der Waals surface area contributed by atoms with Crippen molar-refractivity contribution in [1.29, 1.82) is 0 Å². The van der Waals surface area contributed by atoms with Gasteiger partial charge in [0.05, 0.1) is 7.11 Å². The van der Waals surface area contributed by atoms with Crippen LogP contribution in [0.4, 0.5) is 0 Å². The fraction of sp³-hybridized carbons (Fsp3) is 0.333. The second-order valence-corrected chi connectivity index (χ2v) is 3.23. The zero-order chi connectivity index (χ0) is 10.7. The summed E-state index contributed by atoms with van der Waals surface area (Å²) in [5.41, 5.74) is -0.324. The van der Waals surface area contributed by atoms with E-state index in [9.17, 15) is 9.59 Å². The van der Waals surface area contributed by atoms with Crippen LogP contribution in [0.3, 0.4) is 0 Å². The van der Waals surface area contributed by atoms with E-state index in [0.717, 1.165) is 0 Å². The number of halogens is 1. The van der Waals surface area contributed by atoms with Gasteiger partial charge >= 0.3 is 5.97 Å². The summed E-state index contributed by atoms with van der Waals surface area (Å²) < 4.78 is 5.78. The van der Waals surface area contributed by atoms with Crippen LogP contribution in [-0.2, 0) is 9.53 Å². The summed E-state index contributed by atoms with van der Waals surface area (Å²) in [7, 11) is 1.28. The Morgan fingerprint density at radius 3 is 2.79 bits per heavy atom. The first-order chi connectivity index (χ1) is 6.56. The van der Waals surface area contributed by atoms with Crippen LogP contribution in [-0.4, -0.2) is 17.6 Å². The molecule has 14 heavy (non-hydrogen) atoms. The highest BCUT2D eigenvalue weighted by atomic mass is 35.5. The molecule has 0 aliphatic heterocycles. The maximum atomic E-state index is 11.4. The minimum atomic E-state index is -0.634. The van der Waals surface area contributed by atoms with Crippen molar-refractivity contribution in [1.82, 2.24) is 4.57 Å². The molecule has 0 bridgehead atoms. The molecule has 1 unspecified atom stereocenters. The zero-order valence-corrected chi connectivity index (χ0v) is 8.62. The Kier molecular flexibility index (Phi) is 3.30. The average molecular weight is 216 g/mol. The highest BCUT2D eigenvalue weighted by molar-refractivity contribution is 6.30. The summed E-state index contributed by atoms with van der Waals surface area (Å²) in [4.78, 5) is 22.5. The van der Waals surface area contributed by atoms with E-state index in [1.807, 2.05) is 0 Å². The van der Waals surface area contributed by atoms with Gasteiger partial charge in [-0.25, -0.2) is 4.79 Å². The first-order valence-electron chi connectivity index (χ1n) is 4.01. The highest BCUT2D eigenvalue weighted by Gasteiger charge is 2.15. The fourth-order valence-corrected chi connectivity index (χ4v) is 1.22. The monoisotopic (exact) mass is 215 g/mol. The lowest BCUT2D eigenvalue weighted by atomic mass is 10.3. The van der Waals surface area contributed by atoms with Crippen molar-refractivity contribution in [2.24, 2.45) is 0 Å². The minimum absolute atomic E-state index is 0.324. The van der Waals surface area contributed by atoms with E-state index >= 15 is 0 Å². The fourth-order valence-electron chi connectivity index (χ4n) is 1.07. The Hall–Kier alpha value is -1.29. The van der Waals surface area contributed by atoms with Crippen LogP contribution in [0.2, 0.25) is 5.02 Å². The third-order valence-electron chi connectivity index (χ3n) is 1.87. The van der Waals surface area contributed by atoms with Gasteiger partial charge in [-0.05, 0) is 13.0 Å². The van der Waals surface area contributed by atoms with Crippen LogP contribution in [0.25, 0.3) is 0 Å². The number of methoxy groups -OCH3 is 1. The standard InChI is InChI=1S/C9H10ClNO3/c1-6(9(13)14-2)11-4-3-7(10)5-8(11)12/h3-6H,1-2H3. The summed E-state index contributed by atoms with van der Waals surface area (Å²) in [6, 6.07) is 2.16. The SMILES string of the molecule is COC(=O)C(C)n1ccc(Cl)cc1=O. The molecule has 0 aromatic carbocycles. The molecule has 1 aromatic rings. The maximum Gasteiger partial charge on any atom is 0.328 e. The number of esters is 1. The lowest BCUT2D eigenvalue weighted by Crippen LogP contribution is -2.27. The highest BCUT2D eigenvalue weighted by Crippen LogP contribution is 2.07. The molecule has 0 aliphatic carbocycles. The van der Waals surface area contributed by atoms with Gasteiger partial charge in [0, 0.05) is 17.3 Å². The molecule has 0 amide bonds. The van der Waals surface area contributed by atoms with Gasteiger partial charge in [0.25, 0.3) is 5.56 Å². The Morgan fingerprint density at radius 1 is 1.64 bits per heavy atom. The van der Waals surface area contributed by atoms with Gasteiger partial charge in [-0.3, -0.25) is 4.79 Å². The number of aromatic nitrogens is 1. The second-order valence-electron chi connectivity index (χ2n) is 2.79. The molecule has 0 aliphatic rings.